The summed E-state index contributed by atoms with van der Waals surface area (Å²) >= 11 is 0. The summed E-state index contributed by atoms with van der Waals surface area (Å²) in [7, 11) is 1.53. The van der Waals surface area contributed by atoms with E-state index in [4.69, 9.17) is 5.11 Å². The van der Waals surface area contributed by atoms with Gasteiger partial charge in [-0.05, 0) is 19.9 Å². The molecular weight excluding hydrogens is 274 g/mol. The number of hydrogen-bond donors (Lipinski definition) is 2. The lowest BCUT2D eigenvalue weighted by atomic mass is 10.2. The Morgan fingerprint density at radius 1 is 1.48 bits per heavy atom. The van der Waals surface area contributed by atoms with Gasteiger partial charge in [0.1, 0.15) is 11.3 Å². The number of carboxylic acid groups (broad SMARTS) is 1. The fourth-order valence-electron chi connectivity index (χ4n) is 1.99. The van der Waals surface area contributed by atoms with Crippen LogP contribution in [0.5, 0.6) is 0 Å². The Morgan fingerprint density at radius 3 is 2.76 bits per heavy atom. The molecule has 0 radical (unpaired) electrons. The number of aromatic carboxylic acids is 1. The molecule has 8 heteroatoms. The minimum Gasteiger partial charge on any atom is -0.478 e. The van der Waals surface area contributed by atoms with E-state index in [1.807, 2.05) is 19.2 Å². The number of nitrogens with one attached hydrogen (secondary N) is 1. The number of hydrogen-bond acceptors (Lipinski definition) is 4. The quantitative estimate of drug-likeness (QED) is 0.849. The third-order valence-corrected chi connectivity index (χ3v) is 3.16. The second-order valence-electron chi connectivity index (χ2n) is 4.63. The van der Waals surface area contributed by atoms with Gasteiger partial charge in [-0.1, -0.05) is 0 Å². The number of carboxylic acids is 1. The minimum atomic E-state index is -1.18. The van der Waals surface area contributed by atoms with Crippen LogP contribution in [0.3, 0.4) is 0 Å². The highest BCUT2D eigenvalue weighted by atomic mass is 16.4. The van der Waals surface area contributed by atoms with Crippen LogP contribution in [0.1, 0.15) is 46.4 Å². The van der Waals surface area contributed by atoms with Gasteiger partial charge in [0.2, 0.25) is 0 Å². The Morgan fingerprint density at radius 2 is 2.19 bits per heavy atom. The van der Waals surface area contributed by atoms with Crippen LogP contribution in [0.15, 0.2) is 18.5 Å². The fourth-order valence-corrected chi connectivity index (χ4v) is 1.99. The molecule has 1 atom stereocenters. The predicted molar refractivity (Wildman–Crippen MR) is 73.9 cm³/mol. The second kappa shape index (κ2) is 5.78. The van der Waals surface area contributed by atoms with Crippen molar-refractivity contribution in [2.75, 3.05) is 0 Å². The van der Waals surface area contributed by atoms with Gasteiger partial charge in [0.05, 0.1) is 17.9 Å². The third-order valence-electron chi connectivity index (χ3n) is 3.16. The van der Waals surface area contributed by atoms with Gasteiger partial charge in [-0.3, -0.25) is 14.2 Å². The van der Waals surface area contributed by atoms with Crippen LogP contribution >= 0.6 is 0 Å². The predicted octanol–water partition coefficient (Wildman–Crippen LogP) is 0.826. The molecule has 112 valence electrons. The van der Waals surface area contributed by atoms with Crippen molar-refractivity contribution in [1.82, 2.24) is 24.9 Å². The standard InChI is InChI=1S/C13H17N5O3/c1-4-18-6-5-10(16-18)8(2)15-12(19)11-9(13(20)21)7-14-17(11)3/h5-8H,4H2,1-3H3,(H,15,19)(H,20,21). The van der Waals surface area contributed by atoms with Gasteiger partial charge in [0.15, 0.2) is 0 Å². The molecule has 2 heterocycles. The first-order valence-electron chi connectivity index (χ1n) is 6.53. The highest BCUT2D eigenvalue weighted by Crippen LogP contribution is 2.13. The van der Waals surface area contributed by atoms with Crippen LogP contribution in [0.4, 0.5) is 0 Å². The lowest BCUT2D eigenvalue weighted by Crippen LogP contribution is -2.30. The largest absolute Gasteiger partial charge is 0.478 e. The number of rotatable bonds is 5. The lowest BCUT2D eigenvalue weighted by molar-refractivity contribution is 0.0690. The molecule has 8 nitrogen and oxygen atoms in total. The summed E-state index contributed by atoms with van der Waals surface area (Å²) in [6.07, 6.45) is 2.98. The molecule has 1 unspecified atom stereocenters. The monoisotopic (exact) mass is 291 g/mol. The zero-order valence-electron chi connectivity index (χ0n) is 12.1. The molecule has 0 fully saturated rings. The van der Waals surface area contributed by atoms with E-state index in [9.17, 15) is 9.59 Å². The first-order valence-corrected chi connectivity index (χ1v) is 6.53. The Hall–Kier alpha value is -2.64. The van der Waals surface area contributed by atoms with Crippen molar-refractivity contribution < 1.29 is 14.7 Å². The number of carbonyl (C=O) groups is 2. The van der Waals surface area contributed by atoms with Crippen LogP contribution in [-0.2, 0) is 13.6 Å². The maximum Gasteiger partial charge on any atom is 0.339 e. The van der Waals surface area contributed by atoms with Crippen molar-refractivity contribution in [2.24, 2.45) is 7.05 Å². The Kier molecular flexibility index (Phi) is 4.06. The normalized spacial score (nSPS) is 12.1. The molecule has 0 aliphatic carbocycles. The van der Waals surface area contributed by atoms with E-state index in [1.54, 1.807) is 11.6 Å². The second-order valence-corrected chi connectivity index (χ2v) is 4.63. The first-order chi connectivity index (χ1) is 9.93. The highest BCUT2D eigenvalue weighted by molar-refractivity contribution is 6.03. The van der Waals surface area contributed by atoms with E-state index < -0.39 is 11.9 Å². The van der Waals surface area contributed by atoms with Gasteiger partial charge in [-0.25, -0.2) is 4.79 Å². The first kappa shape index (κ1) is 14.8. The zero-order chi connectivity index (χ0) is 15.6. The van der Waals surface area contributed by atoms with E-state index in [1.165, 1.54) is 11.7 Å². The summed E-state index contributed by atoms with van der Waals surface area (Å²) in [6, 6.07) is 1.48. The molecule has 2 aromatic heterocycles. The molecule has 0 aliphatic heterocycles. The van der Waals surface area contributed by atoms with Crippen molar-refractivity contribution >= 4 is 11.9 Å². The minimum absolute atomic E-state index is 0.0178. The van der Waals surface area contributed by atoms with Gasteiger partial charge in [-0.15, -0.1) is 0 Å². The van der Waals surface area contributed by atoms with Crippen LogP contribution in [0.2, 0.25) is 0 Å². The van der Waals surface area contributed by atoms with E-state index in [0.29, 0.717) is 5.69 Å². The van der Waals surface area contributed by atoms with Gasteiger partial charge in [0, 0.05) is 19.8 Å². The molecule has 2 rings (SSSR count). The Bertz CT molecular complexity index is 673. The molecule has 1 amide bonds. The third kappa shape index (κ3) is 2.93. The van der Waals surface area contributed by atoms with Crippen molar-refractivity contribution in [3.8, 4) is 0 Å². The lowest BCUT2D eigenvalue weighted by Gasteiger charge is -2.12. The van der Waals surface area contributed by atoms with E-state index in [-0.39, 0.29) is 17.3 Å². The molecule has 0 bridgehead atoms. The molecule has 0 spiro atoms. The average molecular weight is 291 g/mol. The molecular formula is C13H17N5O3. The molecule has 2 N–H and O–H groups in total. The number of aromatic nitrogens is 4. The van der Waals surface area contributed by atoms with Crippen molar-refractivity contribution in [3.63, 3.8) is 0 Å². The highest BCUT2D eigenvalue weighted by Gasteiger charge is 2.23. The fraction of sp³-hybridized carbons (Fsp3) is 0.385. The van der Waals surface area contributed by atoms with E-state index in [0.717, 1.165) is 12.7 Å². The number of aryl methyl sites for hydroxylation is 2. The van der Waals surface area contributed by atoms with Gasteiger partial charge in [-0.2, -0.15) is 10.2 Å². The van der Waals surface area contributed by atoms with Crippen LogP contribution in [-0.4, -0.2) is 36.5 Å². The Balaban J connectivity index is 2.18. The van der Waals surface area contributed by atoms with Gasteiger partial charge < -0.3 is 10.4 Å². The van der Waals surface area contributed by atoms with Crippen molar-refractivity contribution in [1.29, 1.82) is 0 Å². The summed E-state index contributed by atoms with van der Waals surface area (Å²) in [5.74, 6) is -1.68. The van der Waals surface area contributed by atoms with Crippen molar-refractivity contribution in [2.45, 2.75) is 26.4 Å². The zero-order valence-corrected chi connectivity index (χ0v) is 12.1. The average Bonchev–Trinajstić information content (AvgIpc) is 3.04. The SMILES string of the molecule is CCn1ccc(C(C)NC(=O)c2c(C(=O)O)cnn2C)n1. The van der Waals surface area contributed by atoms with Gasteiger partial charge in [0.25, 0.3) is 5.91 Å². The van der Waals surface area contributed by atoms with Gasteiger partial charge >= 0.3 is 5.97 Å². The molecule has 0 aliphatic rings. The summed E-state index contributed by atoms with van der Waals surface area (Å²) < 4.78 is 3.00. The Labute approximate surface area is 121 Å². The van der Waals surface area contributed by atoms with Crippen LogP contribution < -0.4 is 5.32 Å². The smallest absolute Gasteiger partial charge is 0.339 e. The van der Waals surface area contributed by atoms with Crippen LogP contribution in [0, 0.1) is 0 Å². The molecule has 21 heavy (non-hydrogen) atoms. The molecule has 2 aromatic rings. The summed E-state index contributed by atoms with van der Waals surface area (Å²) in [6.45, 7) is 4.50. The molecule has 0 saturated heterocycles. The number of amides is 1. The van der Waals surface area contributed by atoms with Crippen LogP contribution in [0.25, 0.3) is 0 Å². The maximum atomic E-state index is 12.2. The molecule has 0 aromatic carbocycles. The van der Waals surface area contributed by atoms with Crippen molar-refractivity contribution in [3.05, 3.63) is 35.4 Å². The topological polar surface area (TPSA) is 102 Å². The maximum absolute atomic E-state index is 12.2. The van der Waals surface area contributed by atoms with E-state index >= 15 is 0 Å². The number of nitrogens with zero attached hydrogens (tertiary/aromatic N) is 4. The summed E-state index contributed by atoms with van der Waals surface area (Å²) in [5.41, 5.74) is 0.606. The van der Waals surface area contributed by atoms with E-state index in [2.05, 4.69) is 15.5 Å². The summed E-state index contributed by atoms with van der Waals surface area (Å²) in [4.78, 5) is 23.3. The summed E-state index contributed by atoms with van der Waals surface area (Å²) in [5, 5.41) is 19.9. The molecule has 0 saturated carbocycles. The number of carbonyl (C=O) groups excluding carboxylic acids is 1.